The van der Waals surface area contributed by atoms with Crippen molar-refractivity contribution >= 4 is 33.1 Å². The number of aromatic amines is 1. The number of fused-ring (bicyclic) bond motifs is 1. The van der Waals surface area contributed by atoms with E-state index in [0.717, 1.165) is 16.0 Å². The molecule has 2 aromatic heterocycles. The highest BCUT2D eigenvalue weighted by atomic mass is 32.1. The van der Waals surface area contributed by atoms with Crippen LogP contribution in [0, 0.1) is 0 Å². The van der Waals surface area contributed by atoms with Crippen LogP contribution in [0.15, 0.2) is 40.5 Å². The second-order valence-corrected chi connectivity index (χ2v) is 6.77. The molecule has 116 valence electrons. The average Bonchev–Trinajstić information content (AvgIpc) is 3.29. The monoisotopic (exact) mass is 325 g/mol. The Morgan fingerprint density at radius 3 is 3.00 bits per heavy atom. The third-order valence-corrected chi connectivity index (χ3v) is 4.85. The van der Waals surface area contributed by atoms with E-state index in [9.17, 15) is 9.59 Å². The molecule has 0 unspecified atom stereocenters. The fourth-order valence-electron chi connectivity index (χ4n) is 2.62. The van der Waals surface area contributed by atoms with E-state index in [1.54, 1.807) is 17.5 Å². The molecule has 1 aliphatic rings. The summed E-state index contributed by atoms with van der Waals surface area (Å²) >= 11 is 1.52. The van der Waals surface area contributed by atoms with Crippen LogP contribution in [0.1, 0.15) is 30.0 Å². The first-order valence-corrected chi connectivity index (χ1v) is 8.42. The van der Waals surface area contributed by atoms with Crippen LogP contribution in [0.2, 0.25) is 0 Å². The SMILES string of the molecule is O=C(Cc1ccc2sccc(=O)c2c1)Nc1cc(C2CC2)[nH]n1. The molecule has 0 saturated heterocycles. The molecular formula is C17H15N3O2S. The van der Waals surface area contributed by atoms with E-state index < -0.39 is 0 Å². The van der Waals surface area contributed by atoms with Crippen LogP contribution in [0.5, 0.6) is 0 Å². The van der Waals surface area contributed by atoms with Crippen LogP contribution in [0.25, 0.3) is 10.1 Å². The van der Waals surface area contributed by atoms with Crippen LogP contribution in [-0.2, 0) is 11.2 Å². The van der Waals surface area contributed by atoms with Crippen LogP contribution in [0.4, 0.5) is 5.82 Å². The minimum atomic E-state index is -0.134. The van der Waals surface area contributed by atoms with Gasteiger partial charge in [0.2, 0.25) is 5.91 Å². The van der Waals surface area contributed by atoms with Gasteiger partial charge in [-0.15, -0.1) is 11.3 Å². The molecule has 2 heterocycles. The summed E-state index contributed by atoms with van der Waals surface area (Å²) < 4.78 is 0.933. The Bertz CT molecular complexity index is 940. The standard InChI is InChI=1S/C17H15N3O2S/c21-14-5-6-23-15-4-1-10(7-12(14)15)8-17(22)18-16-9-13(19-20-16)11-2-3-11/h1,4-7,9,11H,2-3,8H2,(H2,18,19,20,22). The van der Waals surface area contributed by atoms with Crippen LogP contribution >= 0.6 is 11.3 Å². The molecule has 0 aliphatic heterocycles. The van der Waals surface area contributed by atoms with Crippen molar-refractivity contribution in [1.82, 2.24) is 10.2 Å². The zero-order valence-corrected chi connectivity index (χ0v) is 13.2. The third kappa shape index (κ3) is 3.03. The van der Waals surface area contributed by atoms with Crippen LogP contribution in [-0.4, -0.2) is 16.1 Å². The summed E-state index contributed by atoms with van der Waals surface area (Å²) in [7, 11) is 0. The van der Waals surface area contributed by atoms with Gasteiger partial charge in [0.15, 0.2) is 11.2 Å². The second kappa shape index (κ2) is 5.62. The van der Waals surface area contributed by atoms with Gasteiger partial charge in [-0.05, 0) is 42.0 Å². The van der Waals surface area contributed by atoms with Crippen LogP contribution < -0.4 is 10.7 Å². The largest absolute Gasteiger partial charge is 0.309 e. The summed E-state index contributed by atoms with van der Waals surface area (Å²) in [5.74, 6) is 1.00. The number of hydrogen-bond acceptors (Lipinski definition) is 4. The number of benzene rings is 1. The summed E-state index contributed by atoms with van der Waals surface area (Å²) in [5, 5.41) is 12.3. The molecule has 2 N–H and O–H groups in total. The smallest absolute Gasteiger partial charge is 0.229 e. The molecule has 23 heavy (non-hydrogen) atoms. The number of carbonyl (C=O) groups is 1. The average molecular weight is 325 g/mol. The molecule has 0 radical (unpaired) electrons. The molecule has 1 aliphatic carbocycles. The Labute approximate surface area is 136 Å². The molecule has 4 rings (SSSR count). The number of rotatable bonds is 4. The summed E-state index contributed by atoms with van der Waals surface area (Å²) in [4.78, 5) is 24.0. The molecule has 3 aromatic rings. The van der Waals surface area contributed by atoms with Crippen molar-refractivity contribution in [2.45, 2.75) is 25.2 Å². The molecule has 5 nitrogen and oxygen atoms in total. The summed E-state index contributed by atoms with van der Waals surface area (Å²) in [6, 6.07) is 9.03. The van der Waals surface area contributed by atoms with E-state index in [4.69, 9.17) is 0 Å². The predicted molar refractivity (Wildman–Crippen MR) is 91.0 cm³/mol. The van der Waals surface area contributed by atoms with E-state index >= 15 is 0 Å². The minimum absolute atomic E-state index is 0.0117. The van der Waals surface area contributed by atoms with Crippen molar-refractivity contribution in [3.05, 3.63) is 57.2 Å². The lowest BCUT2D eigenvalue weighted by Gasteiger charge is -2.03. The number of anilines is 1. The number of nitrogens with zero attached hydrogens (tertiary/aromatic N) is 1. The molecule has 0 bridgehead atoms. The topological polar surface area (TPSA) is 74.8 Å². The van der Waals surface area contributed by atoms with E-state index in [-0.39, 0.29) is 17.8 Å². The zero-order chi connectivity index (χ0) is 15.8. The van der Waals surface area contributed by atoms with Crippen molar-refractivity contribution in [3.63, 3.8) is 0 Å². The number of hydrogen-bond donors (Lipinski definition) is 2. The van der Waals surface area contributed by atoms with Crippen molar-refractivity contribution in [3.8, 4) is 0 Å². The molecule has 0 atom stereocenters. The number of amides is 1. The van der Waals surface area contributed by atoms with Gasteiger partial charge in [-0.1, -0.05) is 6.07 Å². The molecule has 1 fully saturated rings. The van der Waals surface area contributed by atoms with E-state index in [0.29, 0.717) is 17.1 Å². The number of nitrogens with one attached hydrogen (secondary N) is 2. The van der Waals surface area contributed by atoms with Gasteiger partial charge >= 0.3 is 0 Å². The minimum Gasteiger partial charge on any atom is -0.309 e. The quantitative estimate of drug-likeness (QED) is 0.774. The van der Waals surface area contributed by atoms with Crippen molar-refractivity contribution in [2.24, 2.45) is 0 Å². The Kier molecular flexibility index (Phi) is 3.46. The summed E-state index contributed by atoms with van der Waals surface area (Å²) in [5.41, 5.74) is 1.90. The first-order valence-electron chi connectivity index (χ1n) is 7.54. The maximum atomic E-state index is 12.2. The molecular weight excluding hydrogens is 310 g/mol. The van der Waals surface area contributed by atoms with Crippen molar-refractivity contribution in [2.75, 3.05) is 5.32 Å². The van der Waals surface area contributed by atoms with Gasteiger partial charge in [0.25, 0.3) is 0 Å². The highest BCUT2D eigenvalue weighted by molar-refractivity contribution is 7.16. The lowest BCUT2D eigenvalue weighted by Crippen LogP contribution is -2.14. The number of aromatic nitrogens is 2. The van der Waals surface area contributed by atoms with E-state index in [1.807, 2.05) is 18.2 Å². The predicted octanol–water partition coefficient (Wildman–Crippen LogP) is 3.04. The molecule has 0 spiro atoms. The maximum absolute atomic E-state index is 12.2. The van der Waals surface area contributed by atoms with E-state index in [2.05, 4.69) is 15.5 Å². The lowest BCUT2D eigenvalue weighted by atomic mass is 10.1. The maximum Gasteiger partial charge on any atom is 0.229 e. The summed E-state index contributed by atoms with van der Waals surface area (Å²) in [6.45, 7) is 0. The lowest BCUT2D eigenvalue weighted by molar-refractivity contribution is -0.115. The Morgan fingerprint density at radius 2 is 2.17 bits per heavy atom. The first-order chi connectivity index (χ1) is 11.2. The Morgan fingerprint density at radius 1 is 1.30 bits per heavy atom. The number of H-pyrrole nitrogens is 1. The second-order valence-electron chi connectivity index (χ2n) is 5.82. The van der Waals surface area contributed by atoms with Gasteiger partial charge in [0.1, 0.15) is 0 Å². The molecule has 1 aromatic carbocycles. The zero-order valence-electron chi connectivity index (χ0n) is 12.3. The van der Waals surface area contributed by atoms with Crippen LogP contribution in [0.3, 0.4) is 0 Å². The third-order valence-electron chi connectivity index (χ3n) is 3.97. The Balaban J connectivity index is 1.49. The molecule has 1 amide bonds. The Hall–Kier alpha value is -2.47. The highest BCUT2D eigenvalue weighted by Gasteiger charge is 2.25. The van der Waals surface area contributed by atoms with Crippen molar-refractivity contribution < 1.29 is 4.79 Å². The highest BCUT2D eigenvalue weighted by Crippen LogP contribution is 2.39. The van der Waals surface area contributed by atoms with E-state index in [1.165, 1.54) is 24.2 Å². The molecule has 1 saturated carbocycles. The van der Waals surface area contributed by atoms with Gasteiger partial charge in [0, 0.05) is 27.8 Å². The van der Waals surface area contributed by atoms with Gasteiger partial charge in [0.05, 0.1) is 6.42 Å². The van der Waals surface area contributed by atoms with Gasteiger partial charge in [-0.25, -0.2) is 0 Å². The van der Waals surface area contributed by atoms with Gasteiger partial charge in [-0.2, -0.15) is 5.10 Å². The number of carbonyl (C=O) groups excluding carboxylic acids is 1. The first kappa shape index (κ1) is 14.1. The van der Waals surface area contributed by atoms with Gasteiger partial charge in [-0.3, -0.25) is 14.7 Å². The fraction of sp³-hybridized carbons (Fsp3) is 0.235. The van der Waals surface area contributed by atoms with Crippen molar-refractivity contribution in [1.29, 1.82) is 0 Å². The fourth-order valence-corrected chi connectivity index (χ4v) is 3.39. The van der Waals surface area contributed by atoms with Gasteiger partial charge < -0.3 is 5.32 Å². The molecule has 6 heteroatoms. The summed E-state index contributed by atoms with van der Waals surface area (Å²) in [6.07, 6.45) is 2.59. The normalized spacial score (nSPS) is 14.1.